The Morgan fingerprint density at radius 2 is 1.88 bits per heavy atom. The van der Waals surface area contributed by atoms with Crippen LogP contribution < -0.4 is 5.73 Å². The Balaban J connectivity index is 1.77. The van der Waals surface area contributed by atoms with Gasteiger partial charge in [0.1, 0.15) is 6.10 Å². The summed E-state index contributed by atoms with van der Waals surface area (Å²) < 4.78 is 43.8. The van der Waals surface area contributed by atoms with E-state index in [-0.39, 0.29) is 17.3 Å². The first-order valence-corrected chi connectivity index (χ1v) is 12.1. The highest BCUT2D eigenvalue weighted by Crippen LogP contribution is 2.34. The minimum atomic E-state index is -4.99. The molecule has 2 aliphatic carbocycles. The van der Waals surface area contributed by atoms with Gasteiger partial charge in [-0.1, -0.05) is 61.9 Å². The van der Waals surface area contributed by atoms with Crippen LogP contribution in [0.1, 0.15) is 50.7 Å². The average molecular weight is 479 g/mol. The number of carbonyl (C=O) groups excluding carboxylic acids is 1. The number of nitrogens with two attached hydrogens (primary N) is 1. The maximum atomic E-state index is 12.9. The van der Waals surface area contributed by atoms with E-state index in [0.717, 1.165) is 18.4 Å². The molecule has 0 saturated heterocycles. The third kappa shape index (κ3) is 7.70. The summed E-state index contributed by atoms with van der Waals surface area (Å²) in [6.07, 6.45) is 3.67. The molecule has 1 aromatic rings. The van der Waals surface area contributed by atoms with Crippen molar-refractivity contribution >= 4 is 5.97 Å². The first kappa shape index (κ1) is 26.5. The molecule has 0 aromatic heterocycles. The van der Waals surface area contributed by atoms with Gasteiger partial charge in [0.2, 0.25) is 0 Å². The second-order valence-corrected chi connectivity index (χ2v) is 10.6. The molecule has 3 rings (SSSR count). The van der Waals surface area contributed by atoms with Crippen molar-refractivity contribution in [2.24, 2.45) is 23.0 Å². The Bertz CT molecular complexity index is 890. The summed E-state index contributed by atoms with van der Waals surface area (Å²) in [5, 5.41) is 0. The molecule has 0 spiro atoms. The third-order valence-corrected chi connectivity index (χ3v) is 6.92. The number of rotatable bonds is 8. The molecule has 0 heterocycles. The molecule has 34 heavy (non-hydrogen) atoms. The van der Waals surface area contributed by atoms with E-state index >= 15 is 0 Å². The molecule has 0 bridgehead atoms. The summed E-state index contributed by atoms with van der Waals surface area (Å²) in [5.41, 5.74) is 9.45. The number of alkyl halides is 3. The van der Waals surface area contributed by atoms with Crippen LogP contribution in [-0.2, 0) is 16.1 Å². The molecule has 0 amide bonds. The van der Waals surface area contributed by atoms with Gasteiger partial charge < -0.3 is 10.5 Å². The highest BCUT2D eigenvalue weighted by atomic mass is 19.4. The topological polar surface area (TPSA) is 55.6 Å². The third-order valence-electron chi connectivity index (χ3n) is 6.92. The number of allylic oxidation sites excluding steroid dienone is 2. The molecule has 0 radical (unpaired) electrons. The number of hydrogen-bond acceptors (Lipinski definition) is 4. The second kappa shape index (κ2) is 11.1. The Morgan fingerprint density at radius 3 is 2.47 bits per heavy atom. The van der Waals surface area contributed by atoms with E-state index in [4.69, 9.17) is 10.5 Å². The van der Waals surface area contributed by atoms with Gasteiger partial charge in [0.15, 0.2) is 0 Å². The van der Waals surface area contributed by atoms with Crippen molar-refractivity contribution in [3.8, 4) is 0 Å². The van der Waals surface area contributed by atoms with Crippen molar-refractivity contribution in [1.82, 2.24) is 4.90 Å². The lowest BCUT2D eigenvalue weighted by Crippen LogP contribution is -2.44. The van der Waals surface area contributed by atoms with Gasteiger partial charge in [0.05, 0.1) is 0 Å². The zero-order valence-corrected chi connectivity index (χ0v) is 20.4. The molecule has 4 nitrogen and oxygen atoms in total. The first-order valence-electron chi connectivity index (χ1n) is 12.1. The van der Waals surface area contributed by atoms with Crippen LogP contribution >= 0.6 is 0 Å². The fourth-order valence-electron chi connectivity index (χ4n) is 4.75. The molecule has 3 unspecified atom stereocenters. The summed E-state index contributed by atoms with van der Waals surface area (Å²) in [4.78, 5) is 13.9. The minimum Gasteiger partial charge on any atom is -0.455 e. The highest BCUT2D eigenvalue weighted by molar-refractivity contribution is 5.75. The standard InChI is InChI=1S/C27H37F3N2O2/c1-19-4-6-20(7-5-19)16-32(17-21-10-12-26(2,3)13-11-21)18-23-9-8-22(15-31)14-24(23)34-25(33)27(28,29)30/h4-7,10-12,22-24H,8-9,13-18,31H2,1-3H3. The van der Waals surface area contributed by atoms with Crippen molar-refractivity contribution in [3.63, 3.8) is 0 Å². The SMILES string of the molecule is Cc1ccc(CN(CC2=CCC(C)(C)C=C2)CC2CCC(CN)CC2OC(=O)C(F)(F)F)cc1. The van der Waals surface area contributed by atoms with Gasteiger partial charge in [-0.25, -0.2) is 4.79 Å². The monoisotopic (exact) mass is 478 g/mol. The van der Waals surface area contributed by atoms with E-state index in [1.807, 2.05) is 6.92 Å². The van der Waals surface area contributed by atoms with Crippen molar-refractivity contribution < 1.29 is 22.7 Å². The van der Waals surface area contributed by atoms with Crippen molar-refractivity contribution in [3.05, 3.63) is 59.2 Å². The predicted octanol–water partition coefficient (Wildman–Crippen LogP) is 5.56. The van der Waals surface area contributed by atoms with Gasteiger partial charge in [-0.05, 0) is 61.6 Å². The van der Waals surface area contributed by atoms with Crippen LogP contribution in [0.4, 0.5) is 13.2 Å². The zero-order chi connectivity index (χ0) is 24.9. The molecule has 188 valence electrons. The van der Waals surface area contributed by atoms with E-state index in [1.54, 1.807) is 0 Å². The molecule has 2 N–H and O–H groups in total. The number of benzene rings is 1. The van der Waals surface area contributed by atoms with Crippen LogP contribution in [0, 0.1) is 24.2 Å². The minimum absolute atomic E-state index is 0.0686. The Morgan fingerprint density at radius 1 is 1.18 bits per heavy atom. The van der Waals surface area contributed by atoms with Crippen LogP contribution in [0.15, 0.2) is 48.1 Å². The first-order chi connectivity index (χ1) is 15.9. The smallest absolute Gasteiger partial charge is 0.455 e. The average Bonchev–Trinajstić information content (AvgIpc) is 2.77. The Kier molecular flexibility index (Phi) is 8.63. The van der Waals surface area contributed by atoms with Crippen molar-refractivity contribution in [2.45, 2.75) is 65.3 Å². The normalized spacial score (nSPS) is 24.7. The molecule has 1 aromatic carbocycles. The molecule has 7 heteroatoms. The van der Waals surface area contributed by atoms with E-state index in [2.05, 4.69) is 61.2 Å². The van der Waals surface area contributed by atoms with Gasteiger partial charge in [0.25, 0.3) is 0 Å². The fraction of sp³-hybridized carbons (Fsp3) is 0.593. The number of halogens is 3. The van der Waals surface area contributed by atoms with Crippen molar-refractivity contribution in [1.29, 1.82) is 0 Å². The van der Waals surface area contributed by atoms with Crippen LogP contribution in [0.25, 0.3) is 0 Å². The Hall–Kier alpha value is -2.12. The highest BCUT2D eigenvalue weighted by Gasteiger charge is 2.44. The lowest BCUT2D eigenvalue weighted by atomic mass is 9.79. The van der Waals surface area contributed by atoms with E-state index in [9.17, 15) is 18.0 Å². The molecule has 1 saturated carbocycles. The number of ether oxygens (including phenoxy) is 1. The van der Waals surface area contributed by atoms with Gasteiger partial charge in [-0.15, -0.1) is 0 Å². The summed E-state index contributed by atoms with van der Waals surface area (Å²) >= 11 is 0. The number of carbonyl (C=O) groups is 1. The van der Waals surface area contributed by atoms with Gasteiger partial charge in [-0.2, -0.15) is 13.2 Å². The largest absolute Gasteiger partial charge is 0.490 e. The van der Waals surface area contributed by atoms with Gasteiger partial charge in [-0.3, -0.25) is 4.90 Å². The number of hydrogen-bond donors (Lipinski definition) is 1. The van der Waals surface area contributed by atoms with Crippen LogP contribution in [0.2, 0.25) is 0 Å². The summed E-state index contributed by atoms with van der Waals surface area (Å²) in [6, 6.07) is 8.30. The van der Waals surface area contributed by atoms with E-state index < -0.39 is 18.2 Å². The molecule has 3 atom stereocenters. The van der Waals surface area contributed by atoms with Gasteiger partial charge >= 0.3 is 12.1 Å². The lowest BCUT2D eigenvalue weighted by molar-refractivity contribution is -0.209. The summed E-state index contributed by atoms with van der Waals surface area (Å²) in [5.74, 6) is -2.21. The Labute approximate surface area is 201 Å². The maximum absolute atomic E-state index is 12.9. The zero-order valence-electron chi connectivity index (χ0n) is 20.4. The molecular weight excluding hydrogens is 441 g/mol. The summed E-state index contributed by atoms with van der Waals surface area (Å²) in [6.45, 7) is 8.72. The van der Waals surface area contributed by atoms with Gasteiger partial charge in [0, 0.05) is 25.6 Å². The molecule has 1 fully saturated rings. The molecule has 0 aliphatic heterocycles. The fourth-order valence-corrected chi connectivity index (χ4v) is 4.75. The second-order valence-electron chi connectivity index (χ2n) is 10.6. The number of aryl methyl sites for hydroxylation is 1. The van der Waals surface area contributed by atoms with E-state index in [0.29, 0.717) is 39.0 Å². The molecular formula is C27H37F3N2O2. The van der Waals surface area contributed by atoms with E-state index in [1.165, 1.54) is 11.1 Å². The molecule has 2 aliphatic rings. The van der Waals surface area contributed by atoms with Crippen LogP contribution in [0.3, 0.4) is 0 Å². The summed E-state index contributed by atoms with van der Waals surface area (Å²) in [7, 11) is 0. The lowest BCUT2D eigenvalue weighted by Gasteiger charge is -2.38. The maximum Gasteiger partial charge on any atom is 0.490 e. The van der Waals surface area contributed by atoms with Crippen LogP contribution in [-0.4, -0.2) is 42.8 Å². The van der Waals surface area contributed by atoms with Crippen LogP contribution in [0.5, 0.6) is 0 Å². The number of nitrogens with zero attached hydrogens (tertiary/aromatic N) is 1. The predicted molar refractivity (Wildman–Crippen MR) is 128 cm³/mol. The quantitative estimate of drug-likeness (QED) is 0.497. The van der Waals surface area contributed by atoms with Crippen molar-refractivity contribution in [2.75, 3.05) is 19.6 Å². The number of esters is 1.